The van der Waals surface area contributed by atoms with Crippen molar-refractivity contribution in [3.05, 3.63) is 53.1 Å². The molecule has 8 heteroatoms. The molecule has 4 rings (SSSR count). The number of para-hydroxylation sites is 1. The van der Waals surface area contributed by atoms with Gasteiger partial charge in [0.15, 0.2) is 22.3 Å². The summed E-state index contributed by atoms with van der Waals surface area (Å²) in [6, 6.07) is 11.4. The number of nitrogens with zero attached hydrogens (tertiary/aromatic N) is 1. The van der Waals surface area contributed by atoms with Gasteiger partial charge in [-0.1, -0.05) is 29.8 Å². The Labute approximate surface area is 200 Å². The molecule has 1 amide bonds. The zero-order valence-electron chi connectivity index (χ0n) is 19.7. The fourth-order valence-corrected chi connectivity index (χ4v) is 5.25. The summed E-state index contributed by atoms with van der Waals surface area (Å²) in [7, 11) is 3.29. The molecule has 2 aromatic rings. The van der Waals surface area contributed by atoms with Gasteiger partial charge in [0, 0.05) is 31.5 Å². The molecule has 2 heterocycles. The van der Waals surface area contributed by atoms with Crippen molar-refractivity contribution < 1.29 is 19.0 Å². The van der Waals surface area contributed by atoms with Crippen LogP contribution in [-0.2, 0) is 9.53 Å². The lowest BCUT2D eigenvalue weighted by atomic mass is 9.78. The fourth-order valence-electron chi connectivity index (χ4n) is 4.85. The van der Waals surface area contributed by atoms with Crippen molar-refractivity contribution in [1.29, 1.82) is 0 Å². The number of ether oxygens (including phenoxy) is 3. The highest BCUT2D eigenvalue weighted by Gasteiger charge is 2.59. The highest BCUT2D eigenvalue weighted by atomic mass is 32.1. The maximum atomic E-state index is 13.8. The van der Waals surface area contributed by atoms with Crippen LogP contribution in [0.4, 0.5) is 5.69 Å². The number of anilines is 1. The maximum absolute atomic E-state index is 13.8. The summed E-state index contributed by atoms with van der Waals surface area (Å²) in [5.74, 6) is 0.569. The number of amides is 1. The quantitative estimate of drug-likeness (QED) is 0.470. The number of hydrogen-bond donors (Lipinski definition) is 2. The molecule has 2 bridgehead atoms. The highest BCUT2D eigenvalue weighted by Crippen LogP contribution is 2.51. The summed E-state index contributed by atoms with van der Waals surface area (Å²) >= 11 is 5.73. The summed E-state index contributed by atoms with van der Waals surface area (Å²) in [6.45, 7) is 7.12. The molecule has 3 atom stereocenters. The van der Waals surface area contributed by atoms with Crippen LogP contribution in [0, 0.1) is 19.8 Å². The maximum Gasteiger partial charge on any atom is 0.236 e. The van der Waals surface area contributed by atoms with Crippen molar-refractivity contribution in [2.45, 2.75) is 39.0 Å². The monoisotopic (exact) mass is 469 g/mol. The standard InChI is InChI=1S/C25H31N3O4S/c1-15-10-11-18(16(2)14-15)26-23(29)20-21-17-8-6-9-19(31-5)22(17)32-25(20,3)28(24(33)27-21)12-7-13-30-4/h6,8-11,14,20-21H,7,12-13H2,1-5H3,(H,26,29)(H,27,33). The van der Waals surface area contributed by atoms with E-state index in [-0.39, 0.29) is 11.9 Å². The lowest BCUT2D eigenvalue weighted by molar-refractivity contribution is -0.150. The minimum atomic E-state index is -1.01. The van der Waals surface area contributed by atoms with Gasteiger partial charge < -0.3 is 29.7 Å². The molecule has 0 aliphatic carbocycles. The zero-order chi connectivity index (χ0) is 23.8. The van der Waals surface area contributed by atoms with Crippen molar-refractivity contribution in [3.8, 4) is 11.5 Å². The average Bonchev–Trinajstić information content (AvgIpc) is 2.77. The van der Waals surface area contributed by atoms with Gasteiger partial charge in [0.25, 0.3) is 0 Å². The summed E-state index contributed by atoms with van der Waals surface area (Å²) in [5, 5.41) is 7.11. The van der Waals surface area contributed by atoms with Crippen molar-refractivity contribution >= 4 is 28.9 Å². The van der Waals surface area contributed by atoms with E-state index in [0.29, 0.717) is 29.8 Å². The molecule has 176 valence electrons. The number of rotatable bonds is 7. The number of aryl methyl sites for hydroxylation is 2. The van der Waals surface area contributed by atoms with E-state index in [0.717, 1.165) is 28.8 Å². The van der Waals surface area contributed by atoms with Gasteiger partial charge >= 0.3 is 0 Å². The number of carbonyl (C=O) groups excluding carboxylic acids is 1. The molecule has 0 radical (unpaired) electrons. The summed E-state index contributed by atoms with van der Waals surface area (Å²) < 4.78 is 17.4. The second-order valence-electron chi connectivity index (χ2n) is 8.75. The van der Waals surface area contributed by atoms with Crippen LogP contribution in [0.25, 0.3) is 0 Å². The van der Waals surface area contributed by atoms with Gasteiger partial charge in [-0.3, -0.25) is 4.79 Å². The minimum absolute atomic E-state index is 0.130. The number of methoxy groups -OCH3 is 2. The Hall–Kier alpha value is -2.84. The highest BCUT2D eigenvalue weighted by molar-refractivity contribution is 7.80. The number of nitrogens with one attached hydrogen (secondary N) is 2. The van der Waals surface area contributed by atoms with E-state index in [9.17, 15) is 4.79 Å². The number of thiocarbonyl (C=S) groups is 1. The third kappa shape index (κ3) is 4.13. The van der Waals surface area contributed by atoms with Gasteiger partial charge in [-0.2, -0.15) is 0 Å². The second-order valence-corrected chi connectivity index (χ2v) is 9.13. The molecule has 2 aromatic carbocycles. The van der Waals surface area contributed by atoms with Crippen LogP contribution in [0.1, 0.15) is 36.1 Å². The summed E-state index contributed by atoms with van der Waals surface area (Å²) in [6.07, 6.45) is 0.742. The van der Waals surface area contributed by atoms with E-state index >= 15 is 0 Å². The smallest absolute Gasteiger partial charge is 0.236 e. The van der Waals surface area contributed by atoms with E-state index in [1.165, 1.54) is 0 Å². The van der Waals surface area contributed by atoms with Gasteiger partial charge in [0.2, 0.25) is 5.91 Å². The van der Waals surface area contributed by atoms with Gasteiger partial charge in [-0.15, -0.1) is 0 Å². The second kappa shape index (κ2) is 9.19. The van der Waals surface area contributed by atoms with Crippen LogP contribution in [0.2, 0.25) is 0 Å². The van der Waals surface area contributed by atoms with Crippen molar-refractivity contribution in [2.75, 3.05) is 32.7 Å². The van der Waals surface area contributed by atoms with Crippen molar-refractivity contribution in [2.24, 2.45) is 5.92 Å². The molecular formula is C25H31N3O4S. The number of fused-ring (bicyclic) bond motifs is 4. The van der Waals surface area contributed by atoms with Crippen LogP contribution in [-0.4, -0.2) is 49.0 Å². The van der Waals surface area contributed by atoms with Crippen LogP contribution in [0.3, 0.4) is 0 Å². The first kappa shape index (κ1) is 23.3. The molecular weight excluding hydrogens is 438 g/mol. The Kier molecular flexibility index (Phi) is 6.50. The molecule has 7 nitrogen and oxygen atoms in total. The number of benzene rings is 2. The normalized spacial score (nSPS) is 23.3. The van der Waals surface area contributed by atoms with Crippen LogP contribution < -0.4 is 20.1 Å². The summed E-state index contributed by atoms with van der Waals surface area (Å²) in [5.41, 5.74) is 2.79. The Bertz CT molecular complexity index is 1080. The summed E-state index contributed by atoms with van der Waals surface area (Å²) in [4.78, 5) is 15.8. The lowest BCUT2D eigenvalue weighted by Crippen LogP contribution is -2.71. The number of hydrogen-bond acceptors (Lipinski definition) is 5. The van der Waals surface area contributed by atoms with Crippen molar-refractivity contribution in [3.63, 3.8) is 0 Å². The largest absolute Gasteiger partial charge is 0.493 e. The van der Waals surface area contributed by atoms with Crippen LogP contribution in [0.15, 0.2) is 36.4 Å². The first-order valence-electron chi connectivity index (χ1n) is 11.1. The molecule has 1 fully saturated rings. The van der Waals surface area contributed by atoms with Crippen LogP contribution in [0.5, 0.6) is 11.5 Å². The number of carbonyl (C=O) groups is 1. The topological polar surface area (TPSA) is 72.1 Å². The van der Waals surface area contributed by atoms with E-state index in [1.54, 1.807) is 14.2 Å². The molecule has 0 aromatic heterocycles. The Morgan fingerprint density at radius 2 is 2.06 bits per heavy atom. The van der Waals surface area contributed by atoms with Crippen molar-refractivity contribution in [1.82, 2.24) is 10.2 Å². The molecule has 33 heavy (non-hydrogen) atoms. The van der Waals surface area contributed by atoms with E-state index in [1.807, 2.05) is 56.0 Å². The molecule has 1 saturated heterocycles. The Balaban J connectivity index is 1.76. The van der Waals surface area contributed by atoms with E-state index in [4.69, 9.17) is 26.4 Å². The van der Waals surface area contributed by atoms with Gasteiger partial charge in [-0.05, 0) is 57.1 Å². The fraction of sp³-hybridized carbons (Fsp3) is 0.440. The molecule has 2 aliphatic rings. The predicted octanol–water partition coefficient (Wildman–Crippen LogP) is 3.94. The average molecular weight is 470 g/mol. The first-order chi connectivity index (χ1) is 15.8. The third-order valence-corrected chi connectivity index (χ3v) is 6.83. The molecule has 0 spiro atoms. The van der Waals surface area contributed by atoms with E-state index < -0.39 is 11.6 Å². The third-order valence-electron chi connectivity index (χ3n) is 6.50. The van der Waals surface area contributed by atoms with Crippen LogP contribution >= 0.6 is 12.2 Å². The molecule has 3 unspecified atom stereocenters. The lowest BCUT2D eigenvalue weighted by Gasteiger charge is -2.56. The Morgan fingerprint density at radius 1 is 1.27 bits per heavy atom. The van der Waals surface area contributed by atoms with Gasteiger partial charge in [-0.25, -0.2) is 0 Å². The molecule has 2 aliphatic heterocycles. The molecule has 2 N–H and O–H groups in total. The Morgan fingerprint density at radius 3 is 2.76 bits per heavy atom. The van der Waals surface area contributed by atoms with Gasteiger partial charge in [0.1, 0.15) is 5.92 Å². The molecule has 0 saturated carbocycles. The SMILES string of the molecule is COCCCN1C(=S)NC2c3cccc(OC)c3OC1(C)C2C(=O)Nc1ccc(C)cc1C. The zero-order valence-corrected chi connectivity index (χ0v) is 20.5. The first-order valence-corrected chi connectivity index (χ1v) is 11.5. The minimum Gasteiger partial charge on any atom is -0.493 e. The predicted molar refractivity (Wildman–Crippen MR) is 132 cm³/mol. The van der Waals surface area contributed by atoms with E-state index in [2.05, 4.69) is 16.7 Å². The van der Waals surface area contributed by atoms with Gasteiger partial charge in [0.05, 0.1) is 13.2 Å².